The Balaban J connectivity index is 1.88. The van der Waals surface area contributed by atoms with Crippen molar-refractivity contribution < 1.29 is 13.2 Å². The summed E-state index contributed by atoms with van der Waals surface area (Å²) in [6.07, 6.45) is 0. The van der Waals surface area contributed by atoms with Crippen molar-refractivity contribution in [3.05, 3.63) is 70.0 Å². The van der Waals surface area contributed by atoms with E-state index in [1.54, 1.807) is 70.5 Å². The van der Waals surface area contributed by atoms with Gasteiger partial charge in [-0.15, -0.1) is 0 Å². The summed E-state index contributed by atoms with van der Waals surface area (Å²) >= 11 is 0. The van der Waals surface area contributed by atoms with Gasteiger partial charge in [0.15, 0.2) is 0 Å². The predicted octanol–water partition coefficient (Wildman–Crippen LogP) is 2.87. The zero-order valence-electron chi connectivity index (χ0n) is 16.1. The van der Waals surface area contributed by atoms with Gasteiger partial charge in [0.2, 0.25) is 0 Å². The number of rotatable bonds is 5. The molecule has 3 aromatic rings. The van der Waals surface area contributed by atoms with Crippen molar-refractivity contribution in [1.82, 2.24) is 9.78 Å². The third kappa shape index (κ3) is 3.91. The van der Waals surface area contributed by atoms with Crippen LogP contribution in [0.1, 0.15) is 11.1 Å². The van der Waals surface area contributed by atoms with Crippen LogP contribution < -0.4 is 15.0 Å². The second-order valence-corrected chi connectivity index (χ2v) is 8.10. The van der Waals surface area contributed by atoms with E-state index in [0.717, 1.165) is 11.1 Å². The SMILES string of the molecule is COc1cc(C)c(S(=O)(=O)Nc2ccc(-c3ccc(=O)n(C)n3)cc2)cc1C. The van der Waals surface area contributed by atoms with E-state index in [4.69, 9.17) is 4.74 Å². The summed E-state index contributed by atoms with van der Waals surface area (Å²) < 4.78 is 34.7. The maximum atomic E-state index is 12.8. The minimum Gasteiger partial charge on any atom is -0.496 e. The van der Waals surface area contributed by atoms with Gasteiger partial charge < -0.3 is 4.74 Å². The number of hydrogen-bond acceptors (Lipinski definition) is 5. The van der Waals surface area contributed by atoms with E-state index in [1.165, 1.54) is 10.7 Å². The molecule has 0 amide bonds. The van der Waals surface area contributed by atoms with Gasteiger partial charge in [0.1, 0.15) is 5.75 Å². The molecule has 0 aliphatic heterocycles. The summed E-state index contributed by atoms with van der Waals surface area (Å²) in [5.74, 6) is 0.644. The van der Waals surface area contributed by atoms with Crippen LogP contribution in [0.15, 0.2) is 58.2 Å². The summed E-state index contributed by atoms with van der Waals surface area (Å²) in [5, 5.41) is 4.19. The summed E-state index contributed by atoms with van der Waals surface area (Å²) in [7, 11) is -0.620. The fraction of sp³-hybridized carbons (Fsp3) is 0.200. The minimum absolute atomic E-state index is 0.196. The van der Waals surface area contributed by atoms with Gasteiger partial charge in [-0.1, -0.05) is 12.1 Å². The van der Waals surface area contributed by atoms with Gasteiger partial charge in [-0.2, -0.15) is 5.10 Å². The molecule has 0 saturated carbocycles. The standard InChI is InChI=1S/C20H21N3O4S/c1-13-12-19(14(2)11-18(13)27-4)28(25,26)22-16-7-5-15(6-8-16)17-9-10-20(24)23(3)21-17/h5-12,22H,1-4H3. The molecule has 146 valence electrons. The van der Waals surface area contributed by atoms with E-state index in [1.807, 2.05) is 0 Å². The fourth-order valence-corrected chi connectivity index (χ4v) is 4.22. The molecule has 0 aliphatic carbocycles. The molecule has 0 aliphatic rings. The van der Waals surface area contributed by atoms with Crippen molar-refractivity contribution in [3.8, 4) is 17.0 Å². The van der Waals surface area contributed by atoms with Crippen LogP contribution in [0.4, 0.5) is 5.69 Å². The Labute approximate surface area is 163 Å². The highest BCUT2D eigenvalue weighted by molar-refractivity contribution is 7.92. The van der Waals surface area contributed by atoms with E-state index in [2.05, 4.69) is 9.82 Å². The van der Waals surface area contributed by atoms with Crippen LogP contribution in [-0.4, -0.2) is 25.3 Å². The third-order valence-corrected chi connectivity index (χ3v) is 5.90. The molecular weight excluding hydrogens is 378 g/mol. The molecule has 0 radical (unpaired) electrons. The van der Waals surface area contributed by atoms with Crippen molar-refractivity contribution in [2.24, 2.45) is 7.05 Å². The zero-order chi connectivity index (χ0) is 20.5. The van der Waals surface area contributed by atoms with Crippen molar-refractivity contribution in [2.75, 3.05) is 11.8 Å². The largest absolute Gasteiger partial charge is 0.496 e. The van der Waals surface area contributed by atoms with E-state index >= 15 is 0 Å². The molecule has 1 aromatic heterocycles. The Morgan fingerprint density at radius 2 is 1.68 bits per heavy atom. The Morgan fingerprint density at radius 1 is 1.00 bits per heavy atom. The van der Waals surface area contributed by atoms with Gasteiger partial charge in [0.05, 0.1) is 17.7 Å². The Bertz CT molecular complexity index is 1180. The Kier molecular flexibility index (Phi) is 5.24. The third-order valence-electron chi connectivity index (χ3n) is 4.38. The number of ether oxygens (including phenoxy) is 1. The summed E-state index contributed by atoms with van der Waals surface area (Å²) in [5.41, 5.74) is 2.97. The molecule has 0 saturated heterocycles. The minimum atomic E-state index is -3.75. The lowest BCUT2D eigenvalue weighted by Gasteiger charge is -2.13. The molecule has 0 fully saturated rings. The van der Waals surface area contributed by atoms with Gasteiger partial charge in [0, 0.05) is 24.4 Å². The maximum absolute atomic E-state index is 12.8. The first-order valence-corrected chi connectivity index (χ1v) is 10.0. The molecule has 28 heavy (non-hydrogen) atoms. The van der Waals surface area contributed by atoms with E-state index in [0.29, 0.717) is 22.7 Å². The number of nitrogens with one attached hydrogen (secondary N) is 1. The number of sulfonamides is 1. The molecule has 3 rings (SSSR count). The molecule has 1 N–H and O–H groups in total. The normalized spacial score (nSPS) is 11.3. The van der Waals surface area contributed by atoms with Gasteiger partial charge >= 0.3 is 0 Å². The molecule has 0 atom stereocenters. The quantitative estimate of drug-likeness (QED) is 0.712. The van der Waals surface area contributed by atoms with Crippen LogP contribution in [0.2, 0.25) is 0 Å². The first-order chi connectivity index (χ1) is 13.2. The molecule has 2 aromatic carbocycles. The molecule has 0 spiro atoms. The highest BCUT2D eigenvalue weighted by Gasteiger charge is 2.19. The molecular formula is C20H21N3O4S. The fourth-order valence-electron chi connectivity index (χ4n) is 2.85. The number of hydrogen-bond donors (Lipinski definition) is 1. The number of methoxy groups -OCH3 is 1. The topological polar surface area (TPSA) is 90.3 Å². The average molecular weight is 399 g/mol. The lowest BCUT2D eigenvalue weighted by molar-refractivity contribution is 0.411. The second-order valence-electron chi connectivity index (χ2n) is 6.45. The van der Waals surface area contributed by atoms with Crippen molar-refractivity contribution in [2.45, 2.75) is 18.7 Å². The number of aromatic nitrogens is 2. The van der Waals surface area contributed by atoms with Crippen molar-refractivity contribution in [1.29, 1.82) is 0 Å². The van der Waals surface area contributed by atoms with Crippen LogP contribution in [0.5, 0.6) is 5.75 Å². The van der Waals surface area contributed by atoms with Gasteiger partial charge in [-0.3, -0.25) is 9.52 Å². The number of benzene rings is 2. The lowest BCUT2D eigenvalue weighted by Crippen LogP contribution is -2.18. The van der Waals surface area contributed by atoms with Crippen LogP contribution >= 0.6 is 0 Å². The molecule has 0 bridgehead atoms. The monoisotopic (exact) mass is 399 g/mol. The van der Waals surface area contributed by atoms with Gasteiger partial charge in [-0.25, -0.2) is 13.1 Å². The predicted molar refractivity (Wildman–Crippen MR) is 108 cm³/mol. The molecule has 8 heteroatoms. The second kappa shape index (κ2) is 7.47. The Morgan fingerprint density at radius 3 is 2.29 bits per heavy atom. The molecule has 1 heterocycles. The van der Waals surface area contributed by atoms with Crippen LogP contribution in [0.25, 0.3) is 11.3 Å². The van der Waals surface area contributed by atoms with Gasteiger partial charge in [0.25, 0.3) is 15.6 Å². The average Bonchev–Trinajstić information content (AvgIpc) is 2.65. The highest BCUT2D eigenvalue weighted by atomic mass is 32.2. The van der Waals surface area contributed by atoms with Gasteiger partial charge in [-0.05, 0) is 55.3 Å². The number of nitrogens with zero attached hydrogens (tertiary/aromatic N) is 2. The highest BCUT2D eigenvalue weighted by Crippen LogP contribution is 2.27. The summed E-state index contributed by atoms with van der Waals surface area (Å²) in [6.45, 7) is 3.53. The smallest absolute Gasteiger partial charge is 0.266 e. The maximum Gasteiger partial charge on any atom is 0.266 e. The summed E-state index contributed by atoms with van der Waals surface area (Å²) in [6, 6.07) is 13.2. The lowest BCUT2D eigenvalue weighted by atomic mass is 10.1. The van der Waals surface area contributed by atoms with Crippen LogP contribution in [-0.2, 0) is 17.1 Å². The van der Waals surface area contributed by atoms with Crippen LogP contribution in [0, 0.1) is 13.8 Å². The van der Waals surface area contributed by atoms with Crippen LogP contribution in [0.3, 0.4) is 0 Å². The van der Waals surface area contributed by atoms with E-state index < -0.39 is 10.0 Å². The molecule has 0 unspecified atom stereocenters. The van der Waals surface area contributed by atoms with E-state index in [9.17, 15) is 13.2 Å². The van der Waals surface area contributed by atoms with Crippen molar-refractivity contribution in [3.63, 3.8) is 0 Å². The van der Waals surface area contributed by atoms with E-state index in [-0.39, 0.29) is 10.5 Å². The number of aryl methyl sites for hydroxylation is 3. The van der Waals surface area contributed by atoms with Crippen molar-refractivity contribution >= 4 is 15.7 Å². The number of anilines is 1. The first kappa shape index (κ1) is 19.6. The Hall–Kier alpha value is -3.13. The first-order valence-electron chi connectivity index (χ1n) is 8.54. The molecule has 7 nitrogen and oxygen atoms in total. The zero-order valence-corrected chi connectivity index (χ0v) is 16.9. The summed E-state index contributed by atoms with van der Waals surface area (Å²) in [4.78, 5) is 11.7.